The van der Waals surface area contributed by atoms with E-state index in [2.05, 4.69) is 76.6 Å². The Balaban J connectivity index is 2.11. The summed E-state index contributed by atoms with van der Waals surface area (Å²) in [6, 6.07) is 19.4. The Kier molecular flexibility index (Phi) is 2.86. The third-order valence-electron chi connectivity index (χ3n) is 3.33. The number of halogens is 1. The molecule has 0 saturated heterocycles. The van der Waals surface area contributed by atoms with Gasteiger partial charge in [-0.3, -0.25) is 0 Å². The molecule has 1 heteroatoms. The zero-order chi connectivity index (χ0) is 11.7. The second-order valence-electron chi connectivity index (χ2n) is 4.34. The lowest BCUT2D eigenvalue weighted by molar-refractivity contribution is 0.818. The molecule has 3 rings (SSSR count). The van der Waals surface area contributed by atoms with Crippen LogP contribution in [-0.4, -0.2) is 0 Å². The van der Waals surface area contributed by atoms with Crippen molar-refractivity contribution in [3.63, 3.8) is 0 Å². The summed E-state index contributed by atoms with van der Waals surface area (Å²) in [6.45, 7) is 0. The van der Waals surface area contributed by atoms with Crippen molar-refractivity contribution in [3.8, 4) is 0 Å². The lowest BCUT2D eigenvalue weighted by Crippen LogP contribution is -2.06. The van der Waals surface area contributed by atoms with Crippen molar-refractivity contribution in [2.24, 2.45) is 0 Å². The third-order valence-corrected chi connectivity index (χ3v) is 4.08. The van der Waals surface area contributed by atoms with E-state index in [-0.39, 0.29) is 0 Å². The lowest BCUT2D eigenvalue weighted by Gasteiger charge is -2.24. The summed E-state index contributed by atoms with van der Waals surface area (Å²) in [4.78, 5) is 0. The molecule has 1 unspecified atom stereocenters. The molecule has 0 spiro atoms. The number of rotatable bonds is 1. The molecule has 17 heavy (non-hydrogen) atoms. The van der Waals surface area contributed by atoms with Gasteiger partial charge < -0.3 is 0 Å². The molecule has 0 fully saturated rings. The van der Waals surface area contributed by atoms with Crippen LogP contribution in [0.25, 0.3) is 4.48 Å². The number of benzene rings is 2. The fourth-order valence-corrected chi connectivity index (χ4v) is 3.03. The molecule has 0 N–H and O–H groups in total. The van der Waals surface area contributed by atoms with E-state index < -0.39 is 0 Å². The maximum Gasteiger partial charge on any atom is 0.0211 e. The zero-order valence-corrected chi connectivity index (χ0v) is 11.0. The van der Waals surface area contributed by atoms with Crippen molar-refractivity contribution in [1.29, 1.82) is 0 Å². The minimum Gasteiger partial charge on any atom is -0.0687 e. The second-order valence-corrected chi connectivity index (χ2v) is 5.19. The van der Waals surface area contributed by atoms with Gasteiger partial charge in [0.15, 0.2) is 0 Å². The van der Waals surface area contributed by atoms with Gasteiger partial charge in [-0.1, -0.05) is 76.6 Å². The Bertz CT molecular complexity index is 555. The van der Waals surface area contributed by atoms with Crippen LogP contribution in [0.15, 0.2) is 60.7 Å². The van der Waals surface area contributed by atoms with E-state index in [1.54, 1.807) is 0 Å². The van der Waals surface area contributed by atoms with Crippen molar-refractivity contribution in [1.82, 2.24) is 0 Å². The molecular formula is C16H13Br. The highest BCUT2D eigenvalue weighted by Gasteiger charge is 2.21. The normalized spacial score (nSPS) is 18.4. The summed E-state index contributed by atoms with van der Waals surface area (Å²) < 4.78 is 1.22. The molecule has 0 nitrogen and oxygen atoms in total. The van der Waals surface area contributed by atoms with Gasteiger partial charge in [0.1, 0.15) is 0 Å². The van der Waals surface area contributed by atoms with Gasteiger partial charge in [-0.15, -0.1) is 0 Å². The van der Waals surface area contributed by atoms with Gasteiger partial charge >= 0.3 is 0 Å². The third kappa shape index (κ3) is 1.96. The maximum absolute atomic E-state index is 3.65. The topological polar surface area (TPSA) is 0 Å². The number of fused-ring (bicyclic) bond motifs is 1. The lowest BCUT2D eigenvalue weighted by atomic mass is 9.82. The quantitative estimate of drug-likeness (QED) is 0.694. The fraction of sp³-hybridized carbons (Fsp3) is 0.125. The molecule has 1 aliphatic carbocycles. The minimum absolute atomic E-state index is 0.494. The smallest absolute Gasteiger partial charge is 0.0211 e. The first kappa shape index (κ1) is 10.8. The first-order chi connectivity index (χ1) is 8.36. The summed E-state index contributed by atoms with van der Waals surface area (Å²) in [6.07, 6.45) is 3.35. The van der Waals surface area contributed by atoms with E-state index in [0.717, 1.165) is 6.42 Å². The number of hydrogen-bond donors (Lipinski definition) is 0. The minimum atomic E-state index is 0.494. The van der Waals surface area contributed by atoms with Gasteiger partial charge in [0.2, 0.25) is 0 Å². The Morgan fingerprint density at radius 3 is 2.41 bits per heavy atom. The van der Waals surface area contributed by atoms with Crippen LogP contribution >= 0.6 is 15.9 Å². The Morgan fingerprint density at radius 2 is 1.59 bits per heavy atom. The van der Waals surface area contributed by atoms with Crippen molar-refractivity contribution in [3.05, 3.63) is 77.4 Å². The zero-order valence-electron chi connectivity index (χ0n) is 9.44. The highest BCUT2D eigenvalue weighted by atomic mass is 79.9. The van der Waals surface area contributed by atoms with Gasteiger partial charge in [-0.2, -0.15) is 0 Å². The van der Waals surface area contributed by atoms with E-state index in [0.29, 0.717) is 5.92 Å². The van der Waals surface area contributed by atoms with E-state index in [4.69, 9.17) is 0 Å². The van der Waals surface area contributed by atoms with E-state index in [1.807, 2.05) is 0 Å². The van der Waals surface area contributed by atoms with Gasteiger partial charge in [0.05, 0.1) is 0 Å². The van der Waals surface area contributed by atoms with Crippen molar-refractivity contribution >= 4 is 20.4 Å². The number of hydrogen-bond acceptors (Lipinski definition) is 0. The van der Waals surface area contributed by atoms with Crippen molar-refractivity contribution < 1.29 is 0 Å². The molecule has 0 saturated carbocycles. The Labute approximate surface area is 110 Å². The molecule has 1 atom stereocenters. The molecule has 0 amide bonds. The van der Waals surface area contributed by atoms with Crippen LogP contribution < -0.4 is 0 Å². The van der Waals surface area contributed by atoms with Crippen LogP contribution in [0.3, 0.4) is 0 Å². The molecule has 0 bridgehead atoms. The summed E-state index contributed by atoms with van der Waals surface area (Å²) >= 11 is 3.65. The van der Waals surface area contributed by atoms with Crippen molar-refractivity contribution in [2.75, 3.05) is 0 Å². The molecule has 0 aliphatic heterocycles. The summed E-state index contributed by atoms with van der Waals surface area (Å²) in [7, 11) is 0. The highest BCUT2D eigenvalue weighted by Crippen LogP contribution is 2.40. The summed E-state index contributed by atoms with van der Waals surface area (Å²) in [5, 5.41) is 0. The number of allylic oxidation sites excluding steroid dienone is 1. The van der Waals surface area contributed by atoms with E-state index in [9.17, 15) is 0 Å². The average Bonchev–Trinajstić information content (AvgIpc) is 2.41. The molecule has 0 heterocycles. The van der Waals surface area contributed by atoms with Gasteiger partial charge in [0.25, 0.3) is 0 Å². The second kappa shape index (κ2) is 4.50. The van der Waals surface area contributed by atoms with Crippen LogP contribution in [0.2, 0.25) is 0 Å². The molecule has 0 radical (unpaired) electrons. The monoisotopic (exact) mass is 284 g/mol. The molecule has 2 aromatic carbocycles. The first-order valence-electron chi connectivity index (χ1n) is 5.86. The summed E-state index contributed by atoms with van der Waals surface area (Å²) in [5.41, 5.74) is 4.15. The van der Waals surface area contributed by atoms with Gasteiger partial charge in [0, 0.05) is 10.4 Å². The largest absolute Gasteiger partial charge is 0.0687 e. The van der Waals surface area contributed by atoms with E-state index >= 15 is 0 Å². The predicted molar refractivity (Wildman–Crippen MR) is 76.2 cm³/mol. The average molecular weight is 285 g/mol. The molecule has 2 aromatic rings. The first-order valence-corrected chi connectivity index (χ1v) is 6.65. The SMILES string of the molecule is BrC1=CCC(c2ccccc2)c2ccccc21. The van der Waals surface area contributed by atoms with Gasteiger partial charge in [-0.05, 0) is 23.1 Å². The van der Waals surface area contributed by atoms with Crippen LogP contribution in [0.5, 0.6) is 0 Å². The molecule has 0 aromatic heterocycles. The maximum atomic E-state index is 3.65. The molecule has 1 aliphatic rings. The molecule has 84 valence electrons. The van der Waals surface area contributed by atoms with Gasteiger partial charge in [-0.25, -0.2) is 0 Å². The standard InChI is InChI=1S/C16H13Br/c17-16-11-10-13(12-6-2-1-3-7-12)14-8-4-5-9-15(14)16/h1-9,11,13H,10H2. The summed E-state index contributed by atoms with van der Waals surface area (Å²) in [5.74, 6) is 0.494. The van der Waals surface area contributed by atoms with Crippen molar-refractivity contribution in [2.45, 2.75) is 12.3 Å². The highest BCUT2D eigenvalue weighted by molar-refractivity contribution is 9.15. The van der Waals surface area contributed by atoms with Crippen LogP contribution in [-0.2, 0) is 0 Å². The Morgan fingerprint density at radius 1 is 0.882 bits per heavy atom. The fourth-order valence-electron chi connectivity index (χ4n) is 2.48. The molecular weight excluding hydrogens is 272 g/mol. The van der Waals surface area contributed by atoms with Crippen LogP contribution in [0.4, 0.5) is 0 Å². The Hall–Kier alpha value is -1.34. The van der Waals surface area contributed by atoms with Crippen LogP contribution in [0.1, 0.15) is 29.0 Å². The predicted octanol–water partition coefficient (Wildman–Crippen LogP) is 4.96. The van der Waals surface area contributed by atoms with E-state index in [1.165, 1.54) is 21.2 Å². The van der Waals surface area contributed by atoms with Crippen LogP contribution in [0, 0.1) is 0 Å².